The summed E-state index contributed by atoms with van der Waals surface area (Å²) in [5.41, 5.74) is 0. The van der Waals surface area contributed by atoms with Crippen LogP contribution >= 0.6 is 21.6 Å². The fourth-order valence-corrected chi connectivity index (χ4v) is 5.05. The van der Waals surface area contributed by atoms with Crippen molar-refractivity contribution in [1.82, 2.24) is 4.90 Å². The van der Waals surface area contributed by atoms with E-state index in [0.29, 0.717) is 18.7 Å². The van der Waals surface area contributed by atoms with Gasteiger partial charge in [0, 0.05) is 18.2 Å². The largest absolute Gasteiger partial charge is 0.332 e. The predicted octanol–water partition coefficient (Wildman–Crippen LogP) is 1.37. The average molecular weight is 411 g/mol. The number of Topliss-reactive ketones (excluding diaryl/α,β-unsaturated/α-hetero) is 1. The van der Waals surface area contributed by atoms with Gasteiger partial charge in [-0.05, 0) is 19.8 Å². The molecular weight excluding hydrogens is 390 g/mol. The van der Waals surface area contributed by atoms with Gasteiger partial charge in [-0.15, -0.1) is 20.2 Å². The zero-order valence-electron chi connectivity index (χ0n) is 14.4. The molecule has 0 saturated carbocycles. The minimum Gasteiger partial charge on any atom is -0.332 e. The molecule has 11 nitrogen and oxygen atoms in total. The molecule has 2 unspecified atom stereocenters. The third-order valence-electron chi connectivity index (χ3n) is 3.68. The number of amides is 1. The highest BCUT2D eigenvalue weighted by Gasteiger charge is 2.33. The molecule has 1 amide bonds. The maximum absolute atomic E-state index is 12.5. The lowest BCUT2D eigenvalue weighted by Gasteiger charge is -2.26. The lowest BCUT2D eigenvalue weighted by atomic mass is 10.1. The maximum atomic E-state index is 12.5. The molecule has 0 spiro atoms. The van der Waals surface area contributed by atoms with E-state index in [9.17, 15) is 29.8 Å². The highest BCUT2D eigenvalue weighted by molar-refractivity contribution is 8.77. The Morgan fingerprint density at radius 1 is 1.23 bits per heavy atom. The molecule has 148 valence electrons. The summed E-state index contributed by atoms with van der Waals surface area (Å²) in [5.74, 6) is -0.117. The van der Waals surface area contributed by atoms with Crippen molar-refractivity contribution >= 4 is 33.3 Å². The van der Waals surface area contributed by atoms with Crippen LogP contribution in [0.3, 0.4) is 0 Å². The third kappa shape index (κ3) is 7.64. The Labute approximate surface area is 157 Å². The molecular formula is C13H21N3O8S2. The molecule has 1 saturated heterocycles. The first-order valence-electron chi connectivity index (χ1n) is 7.86. The van der Waals surface area contributed by atoms with E-state index in [1.807, 2.05) is 0 Å². The van der Waals surface area contributed by atoms with Gasteiger partial charge in [0.1, 0.15) is 13.2 Å². The first kappa shape index (κ1) is 22.3. The minimum absolute atomic E-state index is 0.0287. The normalized spacial score (nSPS) is 17.8. The van der Waals surface area contributed by atoms with Crippen LogP contribution in [0.4, 0.5) is 0 Å². The second kappa shape index (κ2) is 11.1. The summed E-state index contributed by atoms with van der Waals surface area (Å²) in [6.45, 7) is 3.04. The molecule has 1 aliphatic rings. The first-order valence-corrected chi connectivity index (χ1v) is 10.2. The number of hydrogen-bond donors (Lipinski definition) is 0. The Morgan fingerprint density at radius 3 is 2.31 bits per heavy atom. The Morgan fingerprint density at radius 2 is 1.81 bits per heavy atom. The van der Waals surface area contributed by atoms with Gasteiger partial charge in [-0.3, -0.25) is 9.59 Å². The van der Waals surface area contributed by atoms with Gasteiger partial charge in [0.05, 0.1) is 11.3 Å². The van der Waals surface area contributed by atoms with Crippen molar-refractivity contribution in [1.29, 1.82) is 0 Å². The molecule has 2 atom stereocenters. The molecule has 26 heavy (non-hydrogen) atoms. The lowest BCUT2D eigenvalue weighted by molar-refractivity contribution is -0.765. The molecule has 0 aromatic heterocycles. The van der Waals surface area contributed by atoms with E-state index in [0.717, 1.165) is 17.2 Å². The SMILES string of the molecule is CC(=O)C1CCCN1C(=O)C(C)CSSC(CO[N+](=O)[O-])CO[N+](=O)[O-]. The number of rotatable bonds is 12. The highest BCUT2D eigenvalue weighted by Crippen LogP contribution is 2.31. The number of hydrogen-bond acceptors (Lipinski definition) is 10. The van der Waals surface area contributed by atoms with Crippen LogP contribution in [0.25, 0.3) is 0 Å². The second-order valence-electron chi connectivity index (χ2n) is 5.74. The molecule has 0 bridgehead atoms. The zero-order chi connectivity index (χ0) is 19.7. The molecule has 1 aliphatic heterocycles. The molecule has 1 heterocycles. The van der Waals surface area contributed by atoms with E-state index in [-0.39, 0.29) is 36.9 Å². The van der Waals surface area contributed by atoms with Gasteiger partial charge in [0.15, 0.2) is 5.78 Å². The number of likely N-dealkylation sites (tertiary alicyclic amines) is 1. The number of ketones is 1. The number of carbonyl (C=O) groups excluding carboxylic acids is 2. The van der Waals surface area contributed by atoms with Crippen molar-refractivity contribution in [2.75, 3.05) is 25.5 Å². The van der Waals surface area contributed by atoms with Gasteiger partial charge < -0.3 is 14.6 Å². The summed E-state index contributed by atoms with van der Waals surface area (Å²) in [4.78, 5) is 54.7. The van der Waals surface area contributed by atoms with Crippen LogP contribution in [0.2, 0.25) is 0 Å². The molecule has 0 N–H and O–H groups in total. The average Bonchev–Trinajstić information content (AvgIpc) is 3.05. The van der Waals surface area contributed by atoms with E-state index in [2.05, 4.69) is 9.68 Å². The van der Waals surface area contributed by atoms with Crippen molar-refractivity contribution in [2.45, 2.75) is 38.0 Å². The Kier molecular flexibility index (Phi) is 9.48. The topological polar surface area (TPSA) is 142 Å². The van der Waals surface area contributed by atoms with Crippen LogP contribution in [-0.4, -0.2) is 63.6 Å². The molecule has 1 rings (SSSR count). The number of carbonyl (C=O) groups is 2. The van der Waals surface area contributed by atoms with Crippen molar-refractivity contribution in [3.63, 3.8) is 0 Å². The molecule has 13 heteroatoms. The van der Waals surface area contributed by atoms with Crippen molar-refractivity contribution in [2.24, 2.45) is 5.92 Å². The summed E-state index contributed by atoms with van der Waals surface area (Å²) in [6.07, 6.45) is 1.47. The first-order chi connectivity index (χ1) is 12.2. The van der Waals surface area contributed by atoms with Crippen LogP contribution in [0.5, 0.6) is 0 Å². The van der Waals surface area contributed by atoms with Gasteiger partial charge in [-0.1, -0.05) is 28.5 Å². The van der Waals surface area contributed by atoms with Crippen LogP contribution in [-0.2, 0) is 19.3 Å². The highest BCUT2D eigenvalue weighted by atomic mass is 33.1. The van der Waals surface area contributed by atoms with E-state index >= 15 is 0 Å². The zero-order valence-corrected chi connectivity index (χ0v) is 16.0. The Balaban J connectivity index is 2.45. The van der Waals surface area contributed by atoms with Gasteiger partial charge in [0.25, 0.3) is 10.2 Å². The van der Waals surface area contributed by atoms with Crippen LogP contribution in [0.1, 0.15) is 26.7 Å². The van der Waals surface area contributed by atoms with E-state index in [1.54, 1.807) is 11.8 Å². The molecule has 0 aliphatic carbocycles. The Bertz CT molecular complexity index is 518. The van der Waals surface area contributed by atoms with Crippen LogP contribution in [0.15, 0.2) is 0 Å². The van der Waals surface area contributed by atoms with Gasteiger partial charge >= 0.3 is 0 Å². The van der Waals surface area contributed by atoms with Crippen LogP contribution in [0, 0.1) is 26.1 Å². The monoisotopic (exact) mass is 411 g/mol. The summed E-state index contributed by atoms with van der Waals surface area (Å²) in [6, 6.07) is -0.364. The minimum atomic E-state index is -0.980. The van der Waals surface area contributed by atoms with E-state index < -0.39 is 15.4 Å². The standard InChI is InChI=1S/C13H21N3O8S2/c1-9(13(18)14-5-3-4-12(14)10(2)17)8-25-26-11(6-23-15(19)20)7-24-16(21)22/h9,11-12H,3-8H2,1-2H3. The predicted molar refractivity (Wildman–Crippen MR) is 94.3 cm³/mol. The number of nitrogens with zero attached hydrogens (tertiary/aromatic N) is 3. The van der Waals surface area contributed by atoms with Crippen molar-refractivity contribution < 1.29 is 29.4 Å². The van der Waals surface area contributed by atoms with Gasteiger partial charge in [-0.2, -0.15) is 0 Å². The summed E-state index contributed by atoms with van der Waals surface area (Å²) < 4.78 is 0. The summed E-state index contributed by atoms with van der Waals surface area (Å²) >= 11 is 0. The summed E-state index contributed by atoms with van der Waals surface area (Å²) in [5, 5.41) is 17.9. The maximum Gasteiger partial charge on any atom is 0.294 e. The summed E-state index contributed by atoms with van der Waals surface area (Å²) in [7, 11) is 2.37. The smallest absolute Gasteiger partial charge is 0.294 e. The quantitative estimate of drug-likeness (QED) is 0.262. The third-order valence-corrected chi connectivity index (χ3v) is 6.63. The molecule has 1 fully saturated rings. The van der Waals surface area contributed by atoms with E-state index in [1.165, 1.54) is 17.7 Å². The Hall–Kier alpha value is -1.76. The molecule has 0 aromatic carbocycles. The van der Waals surface area contributed by atoms with Gasteiger partial charge in [0.2, 0.25) is 5.91 Å². The van der Waals surface area contributed by atoms with E-state index in [4.69, 9.17) is 0 Å². The van der Waals surface area contributed by atoms with Crippen LogP contribution < -0.4 is 0 Å². The fourth-order valence-electron chi connectivity index (χ4n) is 2.44. The van der Waals surface area contributed by atoms with Crippen molar-refractivity contribution in [3.8, 4) is 0 Å². The molecule has 0 radical (unpaired) electrons. The fraction of sp³-hybridized carbons (Fsp3) is 0.846. The van der Waals surface area contributed by atoms with Gasteiger partial charge in [-0.25, -0.2) is 0 Å². The van der Waals surface area contributed by atoms with Crippen molar-refractivity contribution in [3.05, 3.63) is 20.2 Å². The molecule has 0 aromatic rings. The lowest BCUT2D eigenvalue weighted by Crippen LogP contribution is -2.42. The second-order valence-corrected chi connectivity index (χ2v) is 8.46.